The van der Waals surface area contributed by atoms with Gasteiger partial charge in [-0.3, -0.25) is 0 Å². The van der Waals surface area contributed by atoms with Gasteiger partial charge < -0.3 is 5.32 Å². The zero-order valence-electron chi connectivity index (χ0n) is 10.2. The summed E-state index contributed by atoms with van der Waals surface area (Å²) >= 11 is 11.4. The number of anilines is 2. The number of nitrogens with zero attached hydrogens (tertiary/aromatic N) is 6. The molecule has 7 nitrogen and oxygen atoms in total. The van der Waals surface area contributed by atoms with Crippen LogP contribution in [-0.2, 0) is 0 Å². The van der Waals surface area contributed by atoms with E-state index in [1.807, 2.05) is 0 Å². The number of hydrogen-bond acceptors (Lipinski definition) is 6. The highest BCUT2D eigenvalue weighted by molar-refractivity contribution is 6.30. The van der Waals surface area contributed by atoms with Gasteiger partial charge in [0.25, 0.3) is 5.95 Å². The van der Waals surface area contributed by atoms with Gasteiger partial charge in [-0.05, 0) is 29.8 Å². The van der Waals surface area contributed by atoms with Crippen LogP contribution in [-0.4, -0.2) is 29.7 Å². The Bertz CT molecular complexity index is 778. The van der Waals surface area contributed by atoms with Gasteiger partial charge in [-0.15, -0.1) is 0 Å². The summed E-state index contributed by atoms with van der Waals surface area (Å²) in [6.07, 6.45) is 2.75. The average molecular weight is 326 g/mol. The van der Waals surface area contributed by atoms with Gasteiger partial charge in [-0.2, -0.15) is 24.7 Å². The van der Waals surface area contributed by atoms with Crippen molar-refractivity contribution in [2.45, 2.75) is 0 Å². The first kappa shape index (κ1) is 13.7. The molecular formula is C11H6Cl2FN7. The highest BCUT2D eigenvalue weighted by Gasteiger charge is 2.09. The van der Waals surface area contributed by atoms with Crippen molar-refractivity contribution < 1.29 is 4.39 Å². The molecule has 0 spiro atoms. The Morgan fingerprint density at radius 1 is 1.14 bits per heavy atom. The smallest absolute Gasteiger partial charge is 0.258 e. The molecule has 0 amide bonds. The average Bonchev–Trinajstić information content (AvgIpc) is 2.96. The largest absolute Gasteiger partial charge is 0.324 e. The van der Waals surface area contributed by atoms with Gasteiger partial charge in [-0.1, -0.05) is 11.6 Å². The van der Waals surface area contributed by atoms with Crippen LogP contribution in [0.25, 0.3) is 5.95 Å². The van der Waals surface area contributed by atoms with Crippen LogP contribution in [0.4, 0.5) is 16.0 Å². The summed E-state index contributed by atoms with van der Waals surface area (Å²) in [6, 6.07) is 4.22. The van der Waals surface area contributed by atoms with E-state index in [1.54, 1.807) is 6.07 Å². The molecule has 0 aliphatic rings. The maximum absolute atomic E-state index is 13.4. The van der Waals surface area contributed by atoms with E-state index in [4.69, 9.17) is 23.2 Å². The fourth-order valence-electron chi connectivity index (χ4n) is 1.51. The number of benzene rings is 1. The van der Waals surface area contributed by atoms with Gasteiger partial charge in [0.1, 0.15) is 18.5 Å². The summed E-state index contributed by atoms with van der Waals surface area (Å²) in [5, 5.41) is 6.69. The number of hydrogen-bond donors (Lipinski definition) is 1. The zero-order valence-corrected chi connectivity index (χ0v) is 11.7. The highest BCUT2D eigenvalue weighted by atomic mass is 35.5. The van der Waals surface area contributed by atoms with Crippen LogP contribution < -0.4 is 5.32 Å². The van der Waals surface area contributed by atoms with Crippen LogP contribution in [0.3, 0.4) is 0 Å². The molecule has 1 N–H and O–H groups in total. The Morgan fingerprint density at radius 3 is 2.71 bits per heavy atom. The van der Waals surface area contributed by atoms with Crippen LogP contribution in [0.2, 0.25) is 10.3 Å². The molecule has 0 saturated carbocycles. The van der Waals surface area contributed by atoms with Gasteiger partial charge in [0.05, 0.1) is 5.02 Å². The second kappa shape index (κ2) is 5.58. The first-order chi connectivity index (χ1) is 10.1. The molecule has 0 saturated heterocycles. The van der Waals surface area contributed by atoms with Crippen LogP contribution in [0, 0.1) is 5.82 Å². The summed E-state index contributed by atoms with van der Waals surface area (Å²) in [7, 11) is 0. The Kier molecular flexibility index (Phi) is 3.63. The molecule has 0 bridgehead atoms. The molecule has 3 rings (SSSR count). The van der Waals surface area contributed by atoms with Crippen molar-refractivity contribution in [2.24, 2.45) is 0 Å². The third-order valence-electron chi connectivity index (χ3n) is 2.40. The third-order valence-corrected chi connectivity index (χ3v) is 2.87. The van der Waals surface area contributed by atoms with Gasteiger partial charge in [0, 0.05) is 5.69 Å². The summed E-state index contributed by atoms with van der Waals surface area (Å²) < 4.78 is 14.7. The lowest BCUT2D eigenvalue weighted by Gasteiger charge is -2.07. The Morgan fingerprint density at radius 2 is 2.00 bits per heavy atom. The molecule has 1 aromatic carbocycles. The van der Waals surface area contributed by atoms with Crippen LogP contribution in [0.15, 0.2) is 30.9 Å². The van der Waals surface area contributed by atoms with E-state index in [9.17, 15) is 4.39 Å². The minimum atomic E-state index is -0.557. The van der Waals surface area contributed by atoms with Crippen molar-refractivity contribution >= 4 is 34.8 Å². The van der Waals surface area contributed by atoms with Crippen LogP contribution >= 0.6 is 23.2 Å². The minimum absolute atomic E-state index is 0.0255. The topological polar surface area (TPSA) is 81.4 Å². The highest BCUT2D eigenvalue weighted by Crippen LogP contribution is 2.21. The van der Waals surface area contributed by atoms with Crippen molar-refractivity contribution in [1.29, 1.82) is 0 Å². The predicted molar refractivity (Wildman–Crippen MR) is 74.4 cm³/mol. The van der Waals surface area contributed by atoms with Crippen molar-refractivity contribution in [3.8, 4) is 5.95 Å². The van der Waals surface area contributed by atoms with E-state index in [1.165, 1.54) is 29.5 Å². The first-order valence-electron chi connectivity index (χ1n) is 5.60. The van der Waals surface area contributed by atoms with E-state index in [-0.39, 0.29) is 22.2 Å². The monoisotopic (exact) mass is 325 g/mol. The van der Waals surface area contributed by atoms with Crippen LogP contribution in [0.5, 0.6) is 0 Å². The summed E-state index contributed by atoms with van der Waals surface area (Å²) in [6.45, 7) is 0. The molecule has 21 heavy (non-hydrogen) atoms. The number of nitrogens with one attached hydrogen (secondary N) is 1. The fraction of sp³-hybridized carbons (Fsp3) is 0. The maximum atomic E-state index is 13.4. The summed E-state index contributed by atoms with van der Waals surface area (Å²) in [5.74, 6) is -0.232. The van der Waals surface area contributed by atoms with Crippen molar-refractivity contribution in [2.75, 3.05) is 5.32 Å². The molecule has 0 unspecified atom stereocenters. The van der Waals surface area contributed by atoms with Crippen LogP contribution in [0.1, 0.15) is 0 Å². The third kappa shape index (κ3) is 3.06. The Labute approximate surface area is 127 Å². The van der Waals surface area contributed by atoms with E-state index in [2.05, 4.69) is 30.4 Å². The molecule has 0 radical (unpaired) electrons. The standard InChI is InChI=1S/C11H6Cl2FN7/c12-7-2-1-6(3-8(7)14)17-10-18-9(13)19-11(20-10)21-5-15-4-16-21/h1-5H,(H,17,18,19,20). The molecule has 0 aliphatic carbocycles. The van der Waals surface area contributed by atoms with E-state index >= 15 is 0 Å². The second-order valence-electron chi connectivity index (χ2n) is 3.82. The molecule has 3 aromatic rings. The van der Waals surface area contributed by atoms with Crippen molar-refractivity contribution in [3.05, 3.63) is 47.0 Å². The summed E-state index contributed by atoms with van der Waals surface area (Å²) in [4.78, 5) is 15.7. The number of aromatic nitrogens is 6. The SMILES string of the molecule is Fc1cc(Nc2nc(Cl)nc(-n3cncn3)n2)ccc1Cl. The van der Waals surface area contributed by atoms with Gasteiger partial charge in [0.15, 0.2) is 0 Å². The normalized spacial score (nSPS) is 10.6. The van der Waals surface area contributed by atoms with E-state index in [0.717, 1.165) is 0 Å². The first-order valence-corrected chi connectivity index (χ1v) is 6.36. The second-order valence-corrected chi connectivity index (χ2v) is 4.57. The van der Waals surface area contributed by atoms with Gasteiger partial charge >= 0.3 is 0 Å². The number of halogens is 3. The minimum Gasteiger partial charge on any atom is -0.324 e. The Balaban J connectivity index is 1.93. The molecule has 2 aromatic heterocycles. The van der Waals surface area contributed by atoms with Crippen molar-refractivity contribution in [3.63, 3.8) is 0 Å². The lowest BCUT2D eigenvalue weighted by atomic mass is 10.3. The molecule has 0 fully saturated rings. The molecular weight excluding hydrogens is 320 g/mol. The van der Waals surface area contributed by atoms with E-state index < -0.39 is 5.82 Å². The molecule has 106 valence electrons. The zero-order chi connectivity index (χ0) is 14.8. The predicted octanol–water partition coefficient (Wildman–Crippen LogP) is 2.64. The maximum Gasteiger partial charge on any atom is 0.258 e. The van der Waals surface area contributed by atoms with E-state index in [0.29, 0.717) is 5.69 Å². The summed E-state index contributed by atoms with van der Waals surface area (Å²) in [5.41, 5.74) is 0.420. The molecule has 2 heterocycles. The van der Waals surface area contributed by atoms with Gasteiger partial charge in [0.2, 0.25) is 11.2 Å². The quantitative estimate of drug-likeness (QED) is 0.797. The molecule has 0 aliphatic heterocycles. The number of rotatable bonds is 3. The fourth-order valence-corrected chi connectivity index (χ4v) is 1.79. The Hall–Kier alpha value is -2.32. The van der Waals surface area contributed by atoms with Gasteiger partial charge in [-0.25, -0.2) is 9.37 Å². The van der Waals surface area contributed by atoms with Crippen molar-refractivity contribution in [1.82, 2.24) is 29.7 Å². The lowest BCUT2D eigenvalue weighted by Crippen LogP contribution is -2.07. The molecule has 0 atom stereocenters. The lowest BCUT2D eigenvalue weighted by molar-refractivity contribution is 0.629. The molecule has 10 heteroatoms.